The number of aromatic hydroxyl groups is 1. The number of pyridine rings is 1. The minimum absolute atomic E-state index is 0.0298. The molecule has 0 aliphatic rings. The fraction of sp³-hybridized carbons (Fsp3) is 0.0526. The predicted octanol–water partition coefficient (Wildman–Crippen LogP) is 4.78. The molecule has 0 bridgehead atoms. The maximum absolute atomic E-state index is 12.4. The summed E-state index contributed by atoms with van der Waals surface area (Å²) in [6, 6.07) is 18.0. The average Bonchev–Trinajstić information content (AvgIpc) is 2.56. The highest BCUT2D eigenvalue weighted by molar-refractivity contribution is 9.10. The summed E-state index contributed by atoms with van der Waals surface area (Å²) >= 11 is 3.44. The number of phenols is 1. The van der Waals surface area contributed by atoms with Crippen molar-refractivity contribution in [2.24, 2.45) is 0 Å². The van der Waals surface area contributed by atoms with Crippen LogP contribution in [-0.2, 0) is 0 Å². The minimum atomic E-state index is -0.303. The maximum atomic E-state index is 12.4. The van der Waals surface area contributed by atoms with E-state index in [1.807, 2.05) is 30.3 Å². The largest absolute Gasteiger partial charge is 0.506 e. The van der Waals surface area contributed by atoms with Gasteiger partial charge in [0, 0.05) is 10.0 Å². The Hall–Kier alpha value is -2.66. The van der Waals surface area contributed by atoms with Crippen LogP contribution in [0.15, 0.2) is 65.1 Å². The second-order valence-electron chi connectivity index (χ2n) is 5.31. The number of nitrogens with one attached hydrogen (secondary N) is 1. The molecule has 0 saturated heterocycles. The number of carbonyl (C=O) groups excluding carboxylic acids is 1. The maximum Gasteiger partial charge on any atom is 0.257 e. The van der Waals surface area contributed by atoms with Gasteiger partial charge in [-0.05, 0) is 43.3 Å². The number of rotatable bonds is 3. The van der Waals surface area contributed by atoms with E-state index in [1.165, 1.54) is 6.07 Å². The molecule has 1 amide bonds. The van der Waals surface area contributed by atoms with Gasteiger partial charge in [-0.3, -0.25) is 9.78 Å². The highest BCUT2D eigenvalue weighted by atomic mass is 79.9. The highest BCUT2D eigenvalue weighted by Crippen LogP contribution is 2.25. The zero-order chi connectivity index (χ0) is 17.1. The number of nitrogens with zero attached hydrogens (tertiary/aromatic N) is 1. The van der Waals surface area contributed by atoms with Crippen LogP contribution in [0.25, 0.3) is 11.3 Å². The topological polar surface area (TPSA) is 62.2 Å². The number of anilines is 1. The van der Waals surface area contributed by atoms with E-state index >= 15 is 0 Å². The van der Waals surface area contributed by atoms with Gasteiger partial charge < -0.3 is 10.4 Å². The Labute approximate surface area is 148 Å². The van der Waals surface area contributed by atoms with Crippen LogP contribution in [0.5, 0.6) is 5.75 Å². The molecule has 0 aliphatic heterocycles. The number of amides is 1. The van der Waals surface area contributed by atoms with Gasteiger partial charge in [-0.1, -0.05) is 40.2 Å². The molecule has 3 rings (SSSR count). The van der Waals surface area contributed by atoms with Crippen LogP contribution in [-0.4, -0.2) is 16.0 Å². The van der Waals surface area contributed by atoms with Crippen LogP contribution >= 0.6 is 15.9 Å². The van der Waals surface area contributed by atoms with Gasteiger partial charge in [0.25, 0.3) is 5.91 Å². The molecule has 120 valence electrons. The van der Waals surface area contributed by atoms with Gasteiger partial charge in [-0.25, -0.2) is 0 Å². The molecule has 0 unspecified atom stereocenters. The van der Waals surface area contributed by atoms with Gasteiger partial charge in [-0.2, -0.15) is 0 Å². The molecular formula is C19H15BrN2O2. The summed E-state index contributed by atoms with van der Waals surface area (Å²) in [6.07, 6.45) is 0. The van der Waals surface area contributed by atoms with Crippen LogP contribution in [0.1, 0.15) is 16.1 Å². The van der Waals surface area contributed by atoms with E-state index in [0.717, 1.165) is 15.7 Å². The van der Waals surface area contributed by atoms with E-state index in [2.05, 4.69) is 26.2 Å². The van der Waals surface area contributed by atoms with Gasteiger partial charge in [-0.15, -0.1) is 0 Å². The van der Waals surface area contributed by atoms with Crippen LogP contribution in [0.3, 0.4) is 0 Å². The van der Waals surface area contributed by atoms with E-state index in [-0.39, 0.29) is 11.7 Å². The number of para-hydroxylation sites is 2. The Morgan fingerprint density at radius 1 is 1.08 bits per heavy atom. The van der Waals surface area contributed by atoms with E-state index in [0.29, 0.717) is 16.9 Å². The first-order valence-electron chi connectivity index (χ1n) is 7.37. The fourth-order valence-corrected chi connectivity index (χ4v) is 2.78. The lowest BCUT2D eigenvalue weighted by Crippen LogP contribution is -2.14. The number of aromatic nitrogens is 1. The molecule has 24 heavy (non-hydrogen) atoms. The van der Waals surface area contributed by atoms with Crippen molar-refractivity contribution in [1.29, 1.82) is 0 Å². The van der Waals surface area contributed by atoms with Gasteiger partial charge in [0.1, 0.15) is 5.75 Å². The van der Waals surface area contributed by atoms with Gasteiger partial charge in [0.15, 0.2) is 0 Å². The SMILES string of the molecule is Cc1nc(-c2cccc(Br)c2)ccc1C(=O)Nc1ccccc1O. The molecule has 0 aliphatic carbocycles. The molecule has 0 spiro atoms. The Bertz CT molecular complexity index is 909. The first-order chi connectivity index (χ1) is 11.5. The van der Waals surface area contributed by atoms with Crippen molar-refractivity contribution in [2.75, 3.05) is 5.32 Å². The number of halogens is 1. The molecule has 0 fully saturated rings. The quantitative estimate of drug-likeness (QED) is 0.640. The number of phenolic OH excluding ortho intramolecular Hbond substituents is 1. The zero-order valence-electron chi connectivity index (χ0n) is 13.0. The van der Waals surface area contributed by atoms with Crippen LogP contribution in [0.2, 0.25) is 0 Å². The van der Waals surface area contributed by atoms with Crippen molar-refractivity contribution in [1.82, 2.24) is 4.98 Å². The third kappa shape index (κ3) is 3.46. The van der Waals surface area contributed by atoms with Crippen LogP contribution in [0, 0.1) is 6.92 Å². The van der Waals surface area contributed by atoms with Gasteiger partial charge in [0.05, 0.1) is 22.6 Å². The first kappa shape index (κ1) is 16.2. The number of hydrogen-bond donors (Lipinski definition) is 2. The molecule has 5 heteroatoms. The number of hydrogen-bond acceptors (Lipinski definition) is 3. The van der Waals surface area contributed by atoms with E-state index in [1.54, 1.807) is 31.2 Å². The fourth-order valence-electron chi connectivity index (χ4n) is 2.38. The van der Waals surface area contributed by atoms with Crippen molar-refractivity contribution < 1.29 is 9.90 Å². The Balaban J connectivity index is 1.87. The second kappa shape index (κ2) is 6.84. The predicted molar refractivity (Wildman–Crippen MR) is 98.2 cm³/mol. The monoisotopic (exact) mass is 382 g/mol. The Morgan fingerprint density at radius 2 is 1.88 bits per heavy atom. The molecule has 0 saturated carbocycles. The van der Waals surface area contributed by atoms with Gasteiger partial charge >= 0.3 is 0 Å². The lowest BCUT2D eigenvalue weighted by molar-refractivity contribution is 0.102. The number of benzene rings is 2. The number of aryl methyl sites for hydroxylation is 1. The van der Waals surface area contributed by atoms with Crippen molar-refractivity contribution in [3.05, 3.63) is 76.4 Å². The summed E-state index contributed by atoms with van der Waals surface area (Å²) in [4.78, 5) is 16.9. The molecule has 4 nitrogen and oxygen atoms in total. The summed E-state index contributed by atoms with van der Waals surface area (Å²) < 4.78 is 0.973. The molecule has 2 N–H and O–H groups in total. The van der Waals surface area contributed by atoms with E-state index in [9.17, 15) is 9.90 Å². The van der Waals surface area contributed by atoms with Crippen molar-refractivity contribution in [3.8, 4) is 17.0 Å². The summed E-state index contributed by atoms with van der Waals surface area (Å²) in [5.74, 6) is -0.274. The average molecular weight is 383 g/mol. The Morgan fingerprint density at radius 3 is 2.58 bits per heavy atom. The lowest BCUT2D eigenvalue weighted by atomic mass is 10.1. The Kier molecular flexibility index (Phi) is 4.62. The minimum Gasteiger partial charge on any atom is -0.506 e. The lowest BCUT2D eigenvalue weighted by Gasteiger charge is -2.10. The molecule has 3 aromatic rings. The summed E-state index contributed by atoms with van der Waals surface area (Å²) in [5, 5.41) is 12.5. The molecule has 1 aromatic heterocycles. The molecule has 0 radical (unpaired) electrons. The van der Waals surface area contributed by atoms with Gasteiger partial charge in [0.2, 0.25) is 0 Å². The normalized spacial score (nSPS) is 10.4. The van der Waals surface area contributed by atoms with Crippen molar-refractivity contribution >= 4 is 27.5 Å². The summed E-state index contributed by atoms with van der Waals surface area (Å²) in [5.41, 5.74) is 3.24. The smallest absolute Gasteiger partial charge is 0.257 e. The molecule has 1 heterocycles. The molecule has 2 aromatic carbocycles. The van der Waals surface area contributed by atoms with E-state index in [4.69, 9.17) is 0 Å². The highest BCUT2D eigenvalue weighted by Gasteiger charge is 2.13. The molecular weight excluding hydrogens is 368 g/mol. The summed E-state index contributed by atoms with van der Waals surface area (Å²) in [6.45, 7) is 1.79. The third-order valence-electron chi connectivity index (χ3n) is 3.60. The number of carbonyl (C=O) groups is 1. The zero-order valence-corrected chi connectivity index (χ0v) is 14.5. The summed E-state index contributed by atoms with van der Waals surface area (Å²) in [7, 11) is 0. The first-order valence-corrected chi connectivity index (χ1v) is 8.17. The molecule has 0 atom stereocenters. The van der Waals surface area contributed by atoms with Crippen LogP contribution < -0.4 is 5.32 Å². The standard InChI is InChI=1S/C19H15BrN2O2/c1-12-15(19(24)22-17-7-2-3-8-18(17)23)9-10-16(21-12)13-5-4-6-14(20)11-13/h2-11,23H,1H3,(H,22,24). The third-order valence-corrected chi connectivity index (χ3v) is 4.10. The van der Waals surface area contributed by atoms with Crippen molar-refractivity contribution in [3.63, 3.8) is 0 Å². The van der Waals surface area contributed by atoms with E-state index < -0.39 is 0 Å². The van der Waals surface area contributed by atoms with Crippen molar-refractivity contribution in [2.45, 2.75) is 6.92 Å². The second-order valence-corrected chi connectivity index (χ2v) is 6.23. The van der Waals surface area contributed by atoms with Crippen LogP contribution in [0.4, 0.5) is 5.69 Å².